The number of hydrogen-bond donors (Lipinski definition) is 1. The van der Waals surface area contributed by atoms with E-state index in [1.807, 2.05) is 0 Å². The molecule has 0 spiro atoms. The SMILES string of the molecule is COc1cc(CN(CC(=O)O)C(=O)c2cnsn2)cc(OC)c1. The zero-order chi connectivity index (χ0) is 16.8. The highest BCUT2D eigenvalue weighted by Crippen LogP contribution is 2.23. The lowest BCUT2D eigenvalue weighted by Gasteiger charge is -2.20. The van der Waals surface area contributed by atoms with E-state index in [9.17, 15) is 9.59 Å². The van der Waals surface area contributed by atoms with Crippen LogP contribution in [0.25, 0.3) is 0 Å². The van der Waals surface area contributed by atoms with Gasteiger partial charge in [-0.15, -0.1) is 0 Å². The van der Waals surface area contributed by atoms with Crippen LogP contribution in [0, 0.1) is 0 Å². The van der Waals surface area contributed by atoms with Gasteiger partial charge in [0, 0.05) is 12.6 Å². The number of carbonyl (C=O) groups excluding carboxylic acids is 1. The first-order chi connectivity index (χ1) is 11.0. The van der Waals surface area contributed by atoms with E-state index in [0.717, 1.165) is 11.7 Å². The molecule has 8 nitrogen and oxygen atoms in total. The molecule has 0 aliphatic rings. The largest absolute Gasteiger partial charge is 0.497 e. The molecule has 1 aromatic heterocycles. The monoisotopic (exact) mass is 337 g/mol. The van der Waals surface area contributed by atoms with E-state index >= 15 is 0 Å². The summed E-state index contributed by atoms with van der Waals surface area (Å²) in [5.41, 5.74) is 0.796. The van der Waals surface area contributed by atoms with E-state index in [1.54, 1.807) is 18.2 Å². The van der Waals surface area contributed by atoms with Crippen molar-refractivity contribution in [3.8, 4) is 11.5 Å². The first-order valence-corrected chi connectivity index (χ1v) is 7.27. The van der Waals surface area contributed by atoms with Gasteiger partial charge in [-0.25, -0.2) is 0 Å². The zero-order valence-electron chi connectivity index (χ0n) is 12.6. The van der Waals surface area contributed by atoms with Crippen molar-refractivity contribution in [2.24, 2.45) is 0 Å². The van der Waals surface area contributed by atoms with Crippen molar-refractivity contribution in [1.82, 2.24) is 13.6 Å². The summed E-state index contributed by atoms with van der Waals surface area (Å²) < 4.78 is 18.0. The number of carbonyl (C=O) groups is 2. The van der Waals surface area contributed by atoms with Crippen LogP contribution in [-0.2, 0) is 11.3 Å². The number of methoxy groups -OCH3 is 2. The maximum Gasteiger partial charge on any atom is 0.323 e. The Morgan fingerprint density at radius 3 is 2.35 bits per heavy atom. The number of nitrogens with zero attached hydrogens (tertiary/aromatic N) is 3. The Morgan fingerprint density at radius 1 is 1.22 bits per heavy atom. The Balaban J connectivity index is 2.27. The lowest BCUT2D eigenvalue weighted by Crippen LogP contribution is -2.35. The van der Waals surface area contributed by atoms with Gasteiger partial charge in [0.2, 0.25) is 0 Å². The van der Waals surface area contributed by atoms with Gasteiger partial charge in [0.1, 0.15) is 18.0 Å². The molecule has 0 bridgehead atoms. The zero-order valence-corrected chi connectivity index (χ0v) is 13.4. The molecule has 0 atom stereocenters. The van der Waals surface area contributed by atoms with Gasteiger partial charge in [-0.1, -0.05) is 0 Å². The van der Waals surface area contributed by atoms with Crippen molar-refractivity contribution in [2.75, 3.05) is 20.8 Å². The lowest BCUT2D eigenvalue weighted by atomic mass is 10.1. The fourth-order valence-corrected chi connectivity index (χ4v) is 2.37. The second-order valence-electron chi connectivity index (χ2n) is 4.57. The van der Waals surface area contributed by atoms with Crippen molar-refractivity contribution < 1.29 is 24.2 Å². The molecule has 1 amide bonds. The molecular weight excluding hydrogens is 322 g/mol. The third kappa shape index (κ3) is 4.39. The van der Waals surface area contributed by atoms with E-state index < -0.39 is 18.4 Å². The molecule has 2 rings (SSSR count). The van der Waals surface area contributed by atoms with Crippen LogP contribution in [0.3, 0.4) is 0 Å². The van der Waals surface area contributed by atoms with Gasteiger partial charge < -0.3 is 19.5 Å². The number of hydrogen-bond acceptors (Lipinski definition) is 7. The van der Waals surface area contributed by atoms with Gasteiger partial charge >= 0.3 is 5.97 Å². The molecule has 0 saturated carbocycles. The third-order valence-electron chi connectivity index (χ3n) is 2.98. The highest BCUT2D eigenvalue weighted by atomic mass is 32.1. The molecular formula is C14H15N3O5S. The lowest BCUT2D eigenvalue weighted by molar-refractivity contribution is -0.137. The van der Waals surface area contributed by atoms with Gasteiger partial charge in [0.05, 0.1) is 32.1 Å². The van der Waals surface area contributed by atoms with Crippen LogP contribution in [0.2, 0.25) is 0 Å². The van der Waals surface area contributed by atoms with E-state index in [-0.39, 0.29) is 12.2 Å². The van der Waals surface area contributed by atoms with E-state index in [4.69, 9.17) is 14.6 Å². The van der Waals surface area contributed by atoms with E-state index in [2.05, 4.69) is 8.75 Å². The first kappa shape index (κ1) is 16.7. The summed E-state index contributed by atoms with van der Waals surface area (Å²) in [6.07, 6.45) is 1.31. The van der Waals surface area contributed by atoms with Gasteiger partial charge in [-0.05, 0) is 17.7 Å². The van der Waals surface area contributed by atoms with Crippen LogP contribution < -0.4 is 9.47 Å². The Labute approximate surface area is 136 Å². The fraction of sp³-hybridized carbons (Fsp3) is 0.286. The molecule has 23 heavy (non-hydrogen) atoms. The van der Waals surface area contributed by atoms with Gasteiger partial charge in [0.15, 0.2) is 5.69 Å². The van der Waals surface area contributed by atoms with Crippen LogP contribution in [0.1, 0.15) is 16.1 Å². The molecule has 122 valence electrons. The molecule has 1 heterocycles. The summed E-state index contributed by atoms with van der Waals surface area (Å²) in [6.45, 7) is -0.369. The predicted molar refractivity (Wildman–Crippen MR) is 81.8 cm³/mol. The third-order valence-corrected chi connectivity index (χ3v) is 3.46. The minimum absolute atomic E-state index is 0.0796. The fourth-order valence-electron chi connectivity index (χ4n) is 1.96. The highest BCUT2D eigenvalue weighted by Gasteiger charge is 2.21. The topological polar surface area (TPSA) is 102 Å². The minimum Gasteiger partial charge on any atom is -0.497 e. The Hall–Kier alpha value is -2.68. The van der Waals surface area contributed by atoms with Crippen LogP contribution in [0.15, 0.2) is 24.4 Å². The first-order valence-electron chi connectivity index (χ1n) is 6.54. The quantitative estimate of drug-likeness (QED) is 0.812. The number of carboxylic acids is 1. The van der Waals surface area contributed by atoms with Crippen LogP contribution >= 0.6 is 11.7 Å². The molecule has 0 aliphatic heterocycles. The van der Waals surface area contributed by atoms with Gasteiger partial charge in [0.25, 0.3) is 5.91 Å². The van der Waals surface area contributed by atoms with Crippen molar-refractivity contribution >= 4 is 23.6 Å². The molecule has 1 aromatic carbocycles. The van der Waals surface area contributed by atoms with Crippen LogP contribution in [0.5, 0.6) is 11.5 Å². The molecule has 2 aromatic rings. The van der Waals surface area contributed by atoms with Crippen LogP contribution in [-0.4, -0.2) is 51.4 Å². The molecule has 9 heteroatoms. The van der Waals surface area contributed by atoms with Crippen molar-refractivity contribution in [2.45, 2.75) is 6.54 Å². The second kappa shape index (κ2) is 7.54. The summed E-state index contributed by atoms with van der Waals surface area (Å²) >= 11 is 0.888. The summed E-state index contributed by atoms with van der Waals surface area (Å²) in [6, 6.07) is 5.12. The number of carboxylic acid groups (broad SMARTS) is 1. The molecule has 0 saturated heterocycles. The summed E-state index contributed by atoms with van der Waals surface area (Å²) in [5.74, 6) is -0.505. The average molecular weight is 337 g/mol. The highest BCUT2D eigenvalue weighted by molar-refractivity contribution is 6.99. The number of aromatic nitrogens is 2. The van der Waals surface area contributed by atoms with E-state index in [1.165, 1.54) is 25.3 Å². The number of ether oxygens (including phenoxy) is 2. The number of aliphatic carboxylic acids is 1. The maximum atomic E-state index is 12.4. The van der Waals surface area contributed by atoms with Gasteiger partial charge in [-0.2, -0.15) is 8.75 Å². The summed E-state index contributed by atoms with van der Waals surface area (Å²) in [4.78, 5) is 24.6. The minimum atomic E-state index is -1.11. The van der Waals surface area contributed by atoms with Crippen LogP contribution in [0.4, 0.5) is 0 Å². The predicted octanol–water partition coefficient (Wildman–Crippen LogP) is 1.28. The smallest absolute Gasteiger partial charge is 0.323 e. The molecule has 0 aliphatic carbocycles. The average Bonchev–Trinajstić information content (AvgIpc) is 3.07. The second-order valence-corrected chi connectivity index (χ2v) is 5.13. The number of amides is 1. The maximum absolute atomic E-state index is 12.4. The van der Waals surface area contributed by atoms with Crippen molar-refractivity contribution in [3.05, 3.63) is 35.7 Å². The summed E-state index contributed by atoms with van der Waals surface area (Å²) in [7, 11) is 3.03. The molecule has 0 radical (unpaired) electrons. The molecule has 1 N–H and O–H groups in total. The van der Waals surface area contributed by atoms with E-state index in [0.29, 0.717) is 17.1 Å². The number of rotatable bonds is 7. The Kier molecular flexibility index (Phi) is 5.47. The van der Waals surface area contributed by atoms with Gasteiger partial charge in [-0.3, -0.25) is 9.59 Å². The van der Waals surface area contributed by atoms with Crippen molar-refractivity contribution in [3.63, 3.8) is 0 Å². The number of benzene rings is 1. The summed E-state index contributed by atoms with van der Waals surface area (Å²) in [5, 5.41) is 9.03. The molecule has 0 unspecified atom stereocenters. The normalized spacial score (nSPS) is 10.2. The Bertz CT molecular complexity index is 667. The Morgan fingerprint density at radius 2 is 1.87 bits per heavy atom. The molecule has 0 fully saturated rings. The standard InChI is InChI=1S/C14H15N3O5S/c1-21-10-3-9(4-11(5-10)22-2)7-17(8-13(18)19)14(20)12-6-15-23-16-12/h3-6H,7-8H2,1-2H3,(H,18,19). The van der Waals surface area contributed by atoms with Crippen molar-refractivity contribution in [1.29, 1.82) is 0 Å².